The van der Waals surface area contributed by atoms with E-state index in [2.05, 4.69) is 33.8 Å². The van der Waals surface area contributed by atoms with Gasteiger partial charge in [0, 0.05) is 12.5 Å². The Morgan fingerprint density at radius 1 is 1.33 bits per heavy atom. The van der Waals surface area contributed by atoms with E-state index in [1.165, 1.54) is 11.6 Å². The maximum Gasteiger partial charge on any atom is 0.328 e. The summed E-state index contributed by atoms with van der Waals surface area (Å²) in [5.41, 5.74) is 2.12. The highest BCUT2D eigenvalue weighted by molar-refractivity contribution is 5.80. The fraction of sp³-hybridized carbons (Fsp3) is 0.700. The van der Waals surface area contributed by atoms with Crippen molar-refractivity contribution in [3.8, 4) is 0 Å². The first-order chi connectivity index (χ1) is 11.1. The average molecular weight is 336 g/mol. The Balaban J connectivity index is 3.04. The molecule has 4 nitrogen and oxygen atoms in total. The molecule has 0 aliphatic heterocycles. The Kier molecular flexibility index (Phi) is 7.25. The van der Waals surface area contributed by atoms with Crippen molar-refractivity contribution in [2.75, 3.05) is 0 Å². The Hall–Kier alpha value is -1.58. The van der Waals surface area contributed by atoms with Crippen LogP contribution in [0.5, 0.6) is 0 Å². The van der Waals surface area contributed by atoms with E-state index >= 15 is 0 Å². The van der Waals surface area contributed by atoms with E-state index < -0.39 is 11.9 Å². The molecule has 0 aromatic carbocycles. The maximum atomic E-state index is 11.1. The van der Waals surface area contributed by atoms with Crippen molar-refractivity contribution >= 4 is 11.9 Å². The Morgan fingerprint density at radius 3 is 2.46 bits per heavy atom. The molecule has 0 heterocycles. The Labute approximate surface area is 145 Å². The van der Waals surface area contributed by atoms with Crippen LogP contribution in [0.4, 0.5) is 0 Å². The molecule has 136 valence electrons. The van der Waals surface area contributed by atoms with E-state index in [1.54, 1.807) is 0 Å². The first kappa shape index (κ1) is 20.5. The van der Waals surface area contributed by atoms with Crippen LogP contribution in [0.1, 0.15) is 66.7 Å². The third kappa shape index (κ3) is 5.22. The summed E-state index contributed by atoms with van der Waals surface area (Å²) in [5, 5.41) is 18.0. The molecule has 0 saturated heterocycles. The summed E-state index contributed by atoms with van der Waals surface area (Å²) in [7, 11) is 0. The summed E-state index contributed by atoms with van der Waals surface area (Å²) in [5.74, 6) is -0.403. The van der Waals surface area contributed by atoms with Crippen molar-refractivity contribution < 1.29 is 19.8 Å². The molecule has 3 atom stereocenters. The molecular weight excluding hydrogens is 304 g/mol. The van der Waals surface area contributed by atoms with Crippen molar-refractivity contribution in [3.63, 3.8) is 0 Å². The lowest BCUT2D eigenvalue weighted by molar-refractivity contribution is -0.138. The lowest BCUT2D eigenvalue weighted by atomic mass is 9.55. The molecule has 0 radical (unpaired) electrons. The van der Waals surface area contributed by atoms with Crippen LogP contribution in [0.15, 0.2) is 23.3 Å². The van der Waals surface area contributed by atoms with E-state index in [-0.39, 0.29) is 11.8 Å². The van der Waals surface area contributed by atoms with Crippen LogP contribution in [-0.2, 0) is 9.59 Å². The van der Waals surface area contributed by atoms with Gasteiger partial charge in [0.15, 0.2) is 0 Å². The maximum absolute atomic E-state index is 11.1. The second-order valence-electron chi connectivity index (χ2n) is 7.85. The first-order valence-electron chi connectivity index (χ1n) is 8.86. The summed E-state index contributed by atoms with van der Waals surface area (Å²) >= 11 is 0. The predicted molar refractivity (Wildman–Crippen MR) is 95.8 cm³/mol. The smallest absolute Gasteiger partial charge is 0.328 e. The molecule has 1 aliphatic rings. The van der Waals surface area contributed by atoms with E-state index in [0.29, 0.717) is 24.2 Å². The van der Waals surface area contributed by atoms with Crippen molar-refractivity contribution in [2.45, 2.75) is 66.7 Å². The Morgan fingerprint density at radius 2 is 1.96 bits per heavy atom. The molecule has 0 fully saturated rings. The van der Waals surface area contributed by atoms with Gasteiger partial charge in [-0.15, -0.1) is 0 Å². The monoisotopic (exact) mass is 336 g/mol. The van der Waals surface area contributed by atoms with Crippen molar-refractivity contribution in [1.29, 1.82) is 0 Å². The molecule has 0 spiro atoms. The second kappa shape index (κ2) is 8.50. The number of carboxylic acids is 2. The second-order valence-corrected chi connectivity index (χ2v) is 7.85. The first-order valence-corrected chi connectivity index (χ1v) is 8.86. The fourth-order valence-electron chi connectivity index (χ4n) is 4.48. The summed E-state index contributed by atoms with van der Waals surface area (Å²) in [6.07, 6.45) is 7.04. The molecule has 2 N–H and O–H groups in total. The fourth-order valence-corrected chi connectivity index (χ4v) is 4.48. The molecule has 1 rings (SSSR count). The zero-order valence-electron chi connectivity index (χ0n) is 15.6. The van der Waals surface area contributed by atoms with Crippen LogP contribution in [0, 0.1) is 23.2 Å². The van der Waals surface area contributed by atoms with E-state index in [4.69, 9.17) is 10.2 Å². The average Bonchev–Trinajstić information content (AvgIpc) is 2.43. The van der Waals surface area contributed by atoms with Crippen LogP contribution in [0.2, 0.25) is 0 Å². The molecule has 1 aliphatic carbocycles. The zero-order valence-corrected chi connectivity index (χ0v) is 15.6. The molecule has 4 heteroatoms. The van der Waals surface area contributed by atoms with Gasteiger partial charge in [-0.3, -0.25) is 4.79 Å². The van der Waals surface area contributed by atoms with E-state index in [0.717, 1.165) is 24.8 Å². The van der Waals surface area contributed by atoms with Gasteiger partial charge in [0.25, 0.3) is 0 Å². The van der Waals surface area contributed by atoms with Crippen LogP contribution >= 0.6 is 0 Å². The molecule has 0 bridgehead atoms. The van der Waals surface area contributed by atoms with Gasteiger partial charge in [-0.25, -0.2) is 4.79 Å². The van der Waals surface area contributed by atoms with Crippen molar-refractivity contribution in [2.24, 2.45) is 23.2 Å². The molecule has 3 unspecified atom stereocenters. The van der Waals surface area contributed by atoms with Crippen molar-refractivity contribution in [3.05, 3.63) is 23.3 Å². The third-order valence-corrected chi connectivity index (χ3v) is 5.77. The number of allylic oxidation sites excluding steroid dienone is 3. The van der Waals surface area contributed by atoms with Gasteiger partial charge in [-0.2, -0.15) is 0 Å². The number of carboxylic acid groups (broad SMARTS) is 2. The van der Waals surface area contributed by atoms with Gasteiger partial charge in [-0.05, 0) is 62.7 Å². The number of carbonyl (C=O) groups is 2. The minimum Gasteiger partial charge on any atom is -0.481 e. The topological polar surface area (TPSA) is 74.6 Å². The van der Waals surface area contributed by atoms with Gasteiger partial charge < -0.3 is 10.2 Å². The zero-order chi connectivity index (χ0) is 18.5. The van der Waals surface area contributed by atoms with Crippen LogP contribution in [0.3, 0.4) is 0 Å². The molecule has 24 heavy (non-hydrogen) atoms. The third-order valence-electron chi connectivity index (χ3n) is 5.77. The largest absolute Gasteiger partial charge is 0.481 e. The quantitative estimate of drug-likeness (QED) is 0.488. The molecular formula is C20H32O4. The van der Waals surface area contributed by atoms with Gasteiger partial charge in [0.2, 0.25) is 0 Å². The van der Waals surface area contributed by atoms with Gasteiger partial charge in [-0.1, -0.05) is 38.0 Å². The van der Waals surface area contributed by atoms with Crippen LogP contribution in [-0.4, -0.2) is 22.2 Å². The summed E-state index contributed by atoms with van der Waals surface area (Å²) in [6.45, 7) is 10.6. The number of aliphatic carboxylic acids is 2. The van der Waals surface area contributed by atoms with Gasteiger partial charge in [0.05, 0.1) is 0 Å². The van der Waals surface area contributed by atoms with E-state index in [1.807, 2.05) is 6.92 Å². The minimum absolute atomic E-state index is 0.0606. The highest BCUT2D eigenvalue weighted by Crippen LogP contribution is 2.53. The highest BCUT2D eigenvalue weighted by atomic mass is 16.4. The van der Waals surface area contributed by atoms with Gasteiger partial charge in [0.1, 0.15) is 0 Å². The molecule has 0 aromatic rings. The summed E-state index contributed by atoms with van der Waals surface area (Å²) in [6, 6.07) is 0. The Bertz CT molecular complexity index is 530. The molecule has 0 amide bonds. The minimum atomic E-state index is -0.905. The SMILES string of the molecule is CC(=CC(=O)O)CCC1C(C)=CCC(C(C)C)C1(C)CCC(=O)O. The predicted octanol–water partition coefficient (Wildman–Crippen LogP) is 4.91. The number of hydrogen-bond donors (Lipinski definition) is 2. The standard InChI is InChI=1S/C20H32O4/c1-13(2)16-9-7-15(4)17(8-6-14(3)12-19(23)24)20(16,5)11-10-18(21)22/h7,12-13,16-17H,6,8-11H2,1-5H3,(H,21,22)(H,23,24). The summed E-state index contributed by atoms with van der Waals surface area (Å²) < 4.78 is 0. The highest BCUT2D eigenvalue weighted by Gasteiger charge is 2.44. The number of hydrogen-bond acceptors (Lipinski definition) is 2. The summed E-state index contributed by atoms with van der Waals surface area (Å²) in [4.78, 5) is 22.0. The lowest BCUT2D eigenvalue weighted by Gasteiger charge is -2.49. The lowest BCUT2D eigenvalue weighted by Crippen LogP contribution is -2.41. The molecule has 0 saturated carbocycles. The van der Waals surface area contributed by atoms with E-state index in [9.17, 15) is 9.59 Å². The van der Waals surface area contributed by atoms with Crippen LogP contribution in [0.25, 0.3) is 0 Å². The van der Waals surface area contributed by atoms with Crippen LogP contribution < -0.4 is 0 Å². The van der Waals surface area contributed by atoms with Crippen molar-refractivity contribution in [1.82, 2.24) is 0 Å². The van der Waals surface area contributed by atoms with Gasteiger partial charge >= 0.3 is 11.9 Å². The molecule has 0 aromatic heterocycles. The number of rotatable bonds is 8. The normalized spacial score (nSPS) is 27.9.